The highest BCUT2D eigenvalue weighted by atomic mass is 35.7. The van der Waals surface area contributed by atoms with E-state index in [2.05, 4.69) is 12.2 Å². The van der Waals surface area contributed by atoms with Gasteiger partial charge in [-0.2, -0.15) is 0 Å². The van der Waals surface area contributed by atoms with Crippen molar-refractivity contribution < 1.29 is 17.9 Å². The van der Waals surface area contributed by atoms with Crippen molar-refractivity contribution in [3.63, 3.8) is 0 Å². The molecule has 0 radical (unpaired) electrons. The Kier molecular flexibility index (Phi) is 5.57. The van der Waals surface area contributed by atoms with Crippen LogP contribution in [0.1, 0.15) is 44.2 Å². The van der Waals surface area contributed by atoms with E-state index in [0.29, 0.717) is 17.2 Å². The molecular formula is C16H22ClNO4S. The summed E-state index contributed by atoms with van der Waals surface area (Å²) in [5.74, 6) is -0.484. The highest BCUT2D eigenvalue weighted by Crippen LogP contribution is 2.37. The van der Waals surface area contributed by atoms with E-state index in [1.165, 1.54) is 6.07 Å². The Labute approximate surface area is 141 Å². The zero-order valence-electron chi connectivity index (χ0n) is 13.6. The molecule has 0 amide bonds. The lowest BCUT2D eigenvalue weighted by Crippen LogP contribution is -2.24. The number of hydrogen-bond acceptors (Lipinski definition) is 5. The third-order valence-corrected chi connectivity index (χ3v) is 5.61. The van der Waals surface area contributed by atoms with E-state index in [0.717, 1.165) is 24.9 Å². The summed E-state index contributed by atoms with van der Waals surface area (Å²) in [4.78, 5) is 12.0. The minimum atomic E-state index is -3.90. The second kappa shape index (κ2) is 7.09. The van der Waals surface area contributed by atoms with E-state index in [4.69, 9.17) is 15.4 Å². The largest absolute Gasteiger partial charge is 0.466 e. The maximum atomic E-state index is 12.0. The van der Waals surface area contributed by atoms with Gasteiger partial charge in [0.05, 0.1) is 18.2 Å². The van der Waals surface area contributed by atoms with Crippen LogP contribution in [0.3, 0.4) is 0 Å². The molecule has 0 aliphatic carbocycles. The molecule has 0 bridgehead atoms. The average Bonchev–Trinajstić information content (AvgIpc) is 2.51. The molecule has 1 N–H and O–H groups in total. The molecule has 0 fully saturated rings. The standard InChI is InChI=1S/C16H22ClNO4S/c1-4-11-6-13-7-12(10(3)16(19)22-5-2)8-14(23(17,20)21)15(13)18-9-11/h7-8,10-11,18H,4-6,9H2,1-3H3. The molecule has 1 heterocycles. The first-order valence-electron chi connectivity index (χ1n) is 7.79. The molecule has 2 unspecified atom stereocenters. The molecule has 1 aliphatic heterocycles. The number of benzene rings is 1. The lowest BCUT2D eigenvalue weighted by molar-refractivity contribution is -0.144. The monoisotopic (exact) mass is 359 g/mol. The summed E-state index contributed by atoms with van der Waals surface area (Å²) in [6, 6.07) is 3.36. The summed E-state index contributed by atoms with van der Waals surface area (Å²) in [7, 11) is 1.69. The summed E-state index contributed by atoms with van der Waals surface area (Å²) in [6.45, 7) is 6.55. The molecule has 23 heavy (non-hydrogen) atoms. The first kappa shape index (κ1) is 18.1. The van der Waals surface area contributed by atoms with Gasteiger partial charge in [-0.3, -0.25) is 4.79 Å². The minimum Gasteiger partial charge on any atom is -0.466 e. The summed E-state index contributed by atoms with van der Waals surface area (Å²) in [6.07, 6.45) is 1.76. The van der Waals surface area contributed by atoms with Gasteiger partial charge in [-0.1, -0.05) is 19.4 Å². The number of ether oxygens (including phenoxy) is 1. The topological polar surface area (TPSA) is 72.5 Å². The van der Waals surface area contributed by atoms with Crippen molar-refractivity contribution in [2.24, 2.45) is 5.92 Å². The van der Waals surface area contributed by atoms with Gasteiger partial charge in [0.2, 0.25) is 0 Å². The van der Waals surface area contributed by atoms with Crippen LogP contribution in [0.25, 0.3) is 0 Å². The molecule has 0 spiro atoms. The fourth-order valence-corrected chi connectivity index (χ4v) is 3.91. The van der Waals surface area contributed by atoms with Crippen molar-refractivity contribution in [2.45, 2.75) is 44.4 Å². The van der Waals surface area contributed by atoms with Gasteiger partial charge in [0, 0.05) is 17.2 Å². The maximum Gasteiger partial charge on any atom is 0.313 e. The second-order valence-corrected chi connectivity index (χ2v) is 8.36. The number of anilines is 1. The second-order valence-electron chi connectivity index (χ2n) is 5.82. The fourth-order valence-electron chi connectivity index (χ4n) is 2.82. The smallest absolute Gasteiger partial charge is 0.313 e. The normalized spacial score (nSPS) is 18.7. The summed E-state index contributed by atoms with van der Waals surface area (Å²) in [5.41, 5.74) is 2.06. The number of halogens is 1. The number of carbonyl (C=O) groups is 1. The van der Waals surface area contributed by atoms with Crippen molar-refractivity contribution in [2.75, 3.05) is 18.5 Å². The van der Waals surface area contributed by atoms with Crippen LogP contribution in [-0.2, 0) is 25.0 Å². The van der Waals surface area contributed by atoms with E-state index in [9.17, 15) is 13.2 Å². The van der Waals surface area contributed by atoms with E-state index in [1.807, 2.05) is 6.07 Å². The van der Waals surface area contributed by atoms with Crippen molar-refractivity contribution in [1.82, 2.24) is 0 Å². The van der Waals surface area contributed by atoms with Crippen molar-refractivity contribution in [3.8, 4) is 0 Å². The highest BCUT2D eigenvalue weighted by Gasteiger charge is 2.28. The molecule has 1 aliphatic rings. The molecule has 0 aromatic heterocycles. The average molecular weight is 360 g/mol. The Balaban J connectivity index is 2.52. The van der Waals surface area contributed by atoms with E-state index < -0.39 is 15.0 Å². The van der Waals surface area contributed by atoms with Crippen LogP contribution in [-0.4, -0.2) is 27.5 Å². The van der Waals surface area contributed by atoms with E-state index >= 15 is 0 Å². The Hall–Kier alpha value is -1.27. The summed E-state index contributed by atoms with van der Waals surface area (Å²) >= 11 is 0. The SMILES string of the molecule is CCOC(=O)C(C)c1cc2c(c(S(=O)(=O)Cl)c1)NCC(CC)C2. The predicted octanol–water partition coefficient (Wildman–Crippen LogP) is 3.27. The third-order valence-electron chi connectivity index (χ3n) is 4.26. The summed E-state index contributed by atoms with van der Waals surface area (Å²) < 4.78 is 28.9. The number of nitrogens with one attached hydrogen (secondary N) is 1. The van der Waals surface area contributed by atoms with Gasteiger partial charge in [-0.05, 0) is 43.4 Å². The van der Waals surface area contributed by atoms with Crippen molar-refractivity contribution >= 4 is 31.4 Å². The van der Waals surface area contributed by atoms with E-state index in [-0.39, 0.29) is 17.5 Å². The number of fused-ring (bicyclic) bond motifs is 1. The predicted molar refractivity (Wildman–Crippen MR) is 90.5 cm³/mol. The fraction of sp³-hybridized carbons (Fsp3) is 0.562. The zero-order valence-corrected chi connectivity index (χ0v) is 15.1. The van der Waals surface area contributed by atoms with Gasteiger partial charge in [0.1, 0.15) is 4.90 Å². The van der Waals surface area contributed by atoms with Gasteiger partial charge in [-0.25, -0.2) is 8.42 Å². The van der Waals surface area contributed by atoms with Crippen molar-refractivity contribution in [1.29, 1.82) is 0 Å². The van der Waals surface area contributed by atoms with Crippen LogP contribution in [0.2, 0.25) is 0 Å². The number of carbonyl (C=O) groups excluding carboxylic acids is 1. The Morgan fingerprint density at radius 3 is 2.70 bits per heavy atom. The Morgan fingerprint density at radius 2 is 2.13 bits per heavy atom. The summed E-state index contributed by atoms with van der Waals surface area (Å²) in [5, 5.41) is 3.18. The molecule has 7 heteroatoms. The van der Waals surface area contributed by atoms with Crippen LogP contribution >= 0.6 is 10.7 Å². The first-order chi connectivity index (χ1) is 10.8. The lowest BCUT2D eigenvalue weighted by atomic mass is 9.89. The molecular weight excluding hydrogens is 338 g/mol. The van der Waals surface area contributed by atoms with Gasteiger partial charge >= 0.3 is 5.97 Å². The van der Waals surface area contributed by atoms with Crippen LogP contribution in [0.5, 0.6) is 0 Å². The number of esters is 1. The quantitative estimate of drug-likeness (QED) is 0.645. The molecule has 2 rings (SSSR count). The van der Waals surface area contributed by atoms with Crippen LogP contribution in [0.4, 0.5) is 5.69 Å². The van der Waals surface area contributed by atoms with Gasteiger partial charge < -0.3 is 10.1 Å². The first-order valence-corrected chi connectivity index (χ1v) is 10.1. The maximum absolute atomic E-state index is 12.0. The number of hydrogen-bond donors (Lipinski definition) is 1. The molecule has 2 atom stereocenters. The minimum absolute atomic E-state index is 0.0392. The highest BCUT2D eigenvalue weighted by molar-refractivity contribution is 8.13. The van der Waals surface area contributed by atoms with E-state index in [1.54, 1.807) is 13.8 Å². The van der Waals surface area contributed by atoms with Crippen molar-refractivity contribution in [3.05, 3.63) is 23.3 Å². The molecule has 0 saturated heterocycles. The lowest BCUT2D eigenvalue weighted by Gasteiger charge is -2.28. The molecule has 1 aromatic rings. The van der Waals surface area contributed by atoms with Gasteiger partial charge in [-0.15, -0.1) is 0 Å². The van der Waals surface area contributed by atoms with Crippen LogP contribution in [0, 0.1) is 5.92 Å². The van der Waals surface area contributed by atoms with Crippen LogP contribution < -0.4 is 5.32 Å². The van der Waals surface area contributed by atoms with Gasteiger partial charge in [0.25, 0.3) is 9.05 Å². The number of rotatable bonds is 5. The Bertz CT molecular complexity index is 702. The zero-order chi connectivity index (χ0) is 17.2. The molecule has 0 saturated carbocycles. The molecule has 128 valence electrons. The van der Waals surface area contributed by atoms with Crippen LogP contribution in [0.15, 0.2) is 17.0 Å². The third kappa shape index (κ3) is 3.98. The molecule has 1 aromatic carbocycles. The molecule has 5 nitrogen and oxygen atoms in total. The van der Waals surface area contributed by atoms with Gasteiger partial charge in [0.15, 0.2) is 0 Å². The Morgan fingerprint density at radius 1 is 1.43 bits per heavy atom.